The minimum absolute atomic E-state index is 0.815. The number of aryl methyl sites for hydroxylation is 4. The Balaban J connectivity index is 1.14. The van der Waals surface area contributed by atoms with E-state index in [1.807, 2.05) is 0 Å². The Morgan fingerprint density at radius 1 is 0.393 bits per heavy atom. The number of anilines is 6. The number of allylic oxidation sites excluding steroid dienone is 1. The maximum absolute atomic E-state index is 6.85. The molecule has 0 N–H and O–H groups in total. The van der Waals surface area contributed by atoms with E-state index < -0.39 is 0 Å². The minimum Gasteiger partial charge on any atom is -0.454 e. The van der Waals surface area contributed by atoms with Gasteiger partial charge in [-0.2, -0.15) is 0 Å². The fourth-order valence-corrected chi connectivity index (χ4v) is 9.81. The van der Waals surface area contributed by atoms with Crippen molar-refractivity contribution >= 4 is 106 Å². The summed E-state index contributed by atoms with van der Waals surface area (Å²) in [5.41, 5.74) is 17.1. The maximum atomic E-state index is 6.85. The number of nitrogens with zero attached hydrogens (tertiary/aromatic N) is 2. The Kier molecular flexibility index (Phi) is 7.82. The smallest absolute Gasteiger partial charge is 0.159 e. The van der Waals surface area contributed by atoms with E-state index in [9.17, 15) is 0 Å². The Morgan fingerprint density at radius 2 is 0.885 bits per heavy atom. The van der Waals surface area contributed by atoms with Gasteiger partial charge in [-0.25, -0.2) is 0 Å². The molecule has 0 saturated carbocycles. The molecule has 0 aliphatic heterocycles. The van der Waals surface area contributed by atoms with Crippen LogP contribution in [0, 0.1) is 27.7 Å². The largest absolute Gasteiger partial charge is 0.454 e. The summed E-state index contributed by atoms with van der Waals surface area (Å²) in [6, 6.07) is 57.5. The molecule has 4 nitrogen and oxygen atoms in total. The van der Waals surface area contributed by atoms with Gasteiger partial charge in [-0.15, -0.1) is 0 Å². The average molecular weight is 787 g/mol. The zero-order valence-electron chi connectivity index (χ0n) is 34.6. The monoisotopic (exact) mass is 786 g/mol. The molecule has 12 rings (SSSR count). The first-order valence-corrected chi connectivity index (χ1v) is 21.1. The Labute approximate surface area is 354 Å². The lowest BCUT2D eigenvalue weighted by Gasteiger charge is -2.29. The Morgan fingerprint density at radius 3 is 1.46 bits per heavy atom. The first-order valence-electron chi connectivity index (χ1n) is 21.1. The Bertz CT molecular complexity index is 3610. The highest BCUT2D eigenvalue weighted by molar-refractivity contribution is 6.21. The van der Waals surface area contributed by atoms with E-state index >= 15 is 0 Å². The molecule has 1 aliphatic rings. The zero-order valence-corrected chi connectivity index (χ0v) is 34.6. The predicted molar refractivity (Wildman–Crippen MR) is 257 cm³/mol. The van der Waals surface area contributed by atoms with Gasteiger partial charge in [-0.05, 0) is 115 Å². The predicted octanol–water partition coefficient (Wildman–Crippen LogP) is 16.5. The SMILES string of the molecule is Cc1ccc(N(c2ccc3ccc4c(N(c5ccc(C)cc5)c5cccc6c5oc5c(C)cccc56)ccc5c4c3c2C=CC5)c2cccc3c2oc2c(C)cccc23)cc1. The molecule has 61 heavy (non-hydrogen) atoms. The molecule has 2 heterocycles. The molecule has 0 bridgehead atoms. The minimum atomic E-state index is 0.815. The first-order chi connectivity index (χ1) is 29.9. The van der Waals surface area contributed by atoms with Crippen LogP contribution in [-0.4, -0.2) is 0 Å². The van der Waals surface area contributed by atoms with Crippen LogP contribution in [0.1, 0.15) is 33.4 Å². The highest BCUT2D eigenvalue weighted by Gasteiger charge is 2.27. The fourth-order valence-electron chi connectivity index (χ4n) is 9.81. The number of hydrogen-bond donors (Lipinski definition) is 0. The number of benzene rings is 9. The standard InChI is InChI=1S/C57H42N2O2/c1-34-20-27-40(28-21-34)58(50-18-8-15-44-42-13-5-10-36(3)54(42)60-56(44)50)48-33-26-39-24-31-47-49(32-25-38-12-7-17-46(48)53(39)52(38)47)59(41-29-22-35(2)23-30-41)51-19-9-16-45-43-14-6-11-37(4)55(43)61-57(45)51/h5-11,13-33H,12H2,1-4H3. The van der Waals surface area contributed by atoms with Crippen molar-refractivity contribution in [2.24, 2.45) is 0 Å². The van der Waals surface area contributed by atoms with Crippen molar-refractivity contribution in [3.63, 3.8) is 0 Å². The van der Waals surface area contributed by atoms with E-state index in [0.29, 0.717) is 0 Å². The van der Waals surface area contributed by atoms with Crippen molar-refractivity contribution in [2.75, 3.05) is 9.80 Å². The molecule has 0 unspecified atom stereocenters. The van der Waals surface area contributed by atoms with Crippen LogP contribution >= 0.6 is 0 Å². The zero-order chi connectivity index (χ0) is 40.9. The van der Waals surface area contributed by atoms with E-state index in [1.54, 1.807) is 0 Å². The topological polar surface area (TPSA) is 32.8 Å². The molecule has 4 heteroatoms. The van der Waals surface area contributed by atoms with Gasteiger partial charge < -0.3 is 18.6 Å². The third-order valence-corrected chi connectivity index (χ3v) is 12.8. The van der Waals surface area contributed by atoms with Crippen molar-refractivity contribution in [3.8, 4) is 0 Å². The van der Waals surface area contributed by atoms with Crippen molar-refractivity contribution in [3.05, 3.63) is 197 Å². The van der Waals surface area contributed by atoms with Gasteiger partial charge in [0.25, 0.3) is 0 Å². The second-order valence-electron chi connectivity index (χ2n) is 16.7. The van der Waals surface area contributed by atoms with Gasteiger partial charge in [0.05, 0.1) is 22.7 Å². The van der Waals surface area contributed by atoms with Gasteiger partial charge in [0, 0.05) is 43.9 Å². The average Bonchev–Trinajstić information content (AvgIpc) is 3.80. The van der Waals surface area contributed by atoms with Crippen LogP contribution in [0.15, 0.2) is 173 Å². The second kappa shape index (κ2) is 13.5. The second-order valence-corrected chi connectivity index (χ2v) is 16.7. The number of furan rings is 2. The van der Waals surface area contributed by atoms with Crippen molar-refractivity contribution in [1.29, 1.82) is 0 Å². The van der Waals surface area contributed by atoms with E-state index in [1.165, 1.54) is 43.8 Å². The molecular formula is C57H42N2O2. The molecule has 0 fully saturated rings. The van der Waals surface area contributed by atoms with Crippen molar-refractivity contribution in [1.82, 2.24) is 0 Å². The van der Waals surface area contributed by atoms with Crippen LogP contribution in [0.3, 0.4) is 0 Å². The van der Waals surface area contributed by atoms with E-state index in [2.05, 4.69) is 207 Å². The van der Waals surface area contributed by atoms with Gasteiger partial charge in [0.2, 0.25) is 0 Å². The number of hydrogen-bond acceptors (Lipinski definition) is 4. The molecule has 292 valence electrons. The van der Waals surface area contributed by atoms with E-state index in [4.69, 9.17) is 8.83 Å². The molecule has 2 aromatic heterocycles. The van der Waals surface area contributed by atoms with Crippen LogP contribution in [0.2, 0.25) is 0 Å². The summed E-state index contributed by atoms with van der Waals surface area (Å²) in [6.45, 7) is 8.53. The molecule has 0 amide bonds. The van der Waals surface area contributed by atoms with Gasteiger partial charge in [-0.1, -0.05) is 132 Å². The van der Waals surface area contributed by atoms with Crippen LogP contribution in [-0.2, 0) is 6.42 Å². The van der Waals surface area contributed by atoms with Crippen LogP contribution in [0.4, 0.5) is 34.1 Å². The van der Waals surface area contributed by atoms with E-state index in [0.717, 1.165) is 95.5 Å². The Hall–Kier alpha value is -7.56. The summed E-state index contributed by atoms with van der Waals surface area (Å²) >= 11 is 0. The van der Waals surface area contributed by atoms with Gasteiger partial charge in [0.15, 0.2) is 11.2 Å². The van der Waals surface area contributed by atoms with Crippen molar-refractivity contribution in [2.45, 2.75) is 34.1 Å². The summed E-state index contributed by atoms with van der Waals surface area (Å²) in [6.07, 6.45) is 5.49. The maximum Gasteiger partial charge on any atom is 0.159 e. The number of para-hydroxylation sites is 4. The summed E-state index contributed by atoms with van der Waals surface area (Å²) in [7, 11) is 0. The molecular weight excluding hydrogens is 745 g/mol. The molecule has 0 saturated heterocycles. The summed E-state index contributed by atoms with van der Waals surface area (Å²) in [4.78, 5) is 4.80. The lowest BCUT2D eigenvalue weighted by molar-refractivity contribution is 0.665. The van der Waals surface area contributed by atoms with Crippen LogP contribution in [0.5, 0.6) is 0 Å². The normalized spacial score (nSPS) is 12.5. The first kappa shape index (κ1) is 35.4. The summed E-state index contributed by atoms with van der Waals surface area (Å²) in [5.74, 6) is 0. The van der Waals surface area contributed by atoms with Gasteiger partial charge in [0.1, 0.15) is 11.2 Å². The summed E-state index contributed by atoms with van der Waals surface area (Å²) in [5, 5.41) is 9.39. The fraction of sp³-hybridized carbons (Fsp3) is 0.0877. The number of fused-ring (bicyclic) bond motifs is 6. The molecule has 11 aromatic rings. The molecule has 0 atom stereocenters. The third-order valence-electron chi connectivity index (χ3n) is 12.8. The highest BCUT2D eigenvalue weighted by atomic mass is 16.3. The van der Waals surface area contributed by atoms with Gasteiger partial charge in [-0.3, -0.25) is 0 Å². The third kappa shape index (κ3) is 5.38. The lowest BCUT2D eigenvalue weighted by Crippen LogP contribution is -2.12. The number of rotatable bonds is 6. The van der Waals surface area contributed by atoms with Crippen LogP contribution < -0.4 is 9.80 Å². The molecule has 9 aromatic carbocycles. The quantitative estimate of drug-likeness (QED) is 0.157. The van der Waals surface area contributed by atoms with E-state index in [-0.39, 0.29) is 0 Å². The molecule has 0 spiro atoms. The van der Waals surface area contributed by atoms with Crippen LogP contribution in [0.25, 0.3) is 71.5 Å². The molecule has 1 aliphatic carbocycles. The lowest BCUT2D eigenvalue weighted by atomic mass is 9.92. The van der Waals surface area contributed by atoms with Crippen molar-refractivity contribution < 1.29 is 8.83 Å². The van der Waals surface area contributed by atoms with Gasteiger partial charge >= 0.3 is 0 Å². The summed E-state index contributed by atoms with van der Waals surface area (Å²) < 4.78 is 13.7. The highest BCUT2D eigenvalue weighted by Crippen LogP contribution is 2.50. The molecule has 0 radical (unpaired) electrons.